The van der Waals surface area contributed by atoms with Crippen LogP contribution in [0.3, 0.4) is 0 Å². The maximum Gasteiger partial charge on any atom is 0.342 e. The van der Waals surface area contributed by atoms with Crippen molar-refractivity contribution < 1.29 is 74.9 Å². The van der Waals surface area contributed by atoms with Crippen molar-refractivity contribution in [3.8, 4) is 12.3 Å². The molecule has 0 unspecified atom stereocenters. The van der Waals surface area contributed by atoms with E-state index in [4.69, 9.17) is 20.6 Å². The minimum absolute atomic E-state index is 0.938. The first-order chi connectivity index (χ1) is 14.8. The number of aliphatic hydroxyl groups is 8. The number of ether oxygens (including phenoxy) is 3. The lowest BCUT2D eigenvalue weighted by molar-refractivity contribution is -0.404. The SMILES string of the molecule is C#CC[C@]1(CO)O[C@H](O[C@H]2[C@H](O)[C@@H](O)[C@H](O)O[C@@H]2CO)[C@H](O)[C@@](O)(C(=O)O)[C@@]1(O)C(=O)O. The van der Waals surface area contributed by atoms with Crippen molar-refractivity contribution in [3.05, 3.63) is 0 Å². The lowest BCUT2D eigenvalue weighted by Gasteiger charge is -2.56. The summed E-state index contributed by atoms with van der Waals surface area (Å²) in [4.78, 5) is 23.7. The van der Waals surface area contributed by atoms with Crippen molar-refractivity contribution in [2.45, 2.75) is 66.3 Å². The fourth-order valence-corrected chi connectivity index (χ4v) is 3.80. The quantitative estimate of drug-likeness (QED) is 0.156. The smallest absolute Gasteiger partial charge is 0.342 e. The predicted octanol–water partition coefficient (Wildman–Crippen LogP) is -6.09. The van der Waals surface area contributed by atoms with Crippen molar-refractivity contribution in [1.82, 2.24) is 0 Å². The topological polar surface area (TPSA) is 264 Å². The molecule has 0 radical (unpaired) electrons. The molecule has 0 aromatic heterocycles. The zero-order chi connectivity index (χ0) is 24.6. The first kappa shape index (κ1) is 26.3. The molecule has 0 amide bonds. The summed E-state index contributed by atoms with van der Waals surface area (Å²) < 4.78 is 15.3. The molecule has 2 fully saturated rings. The van der Waals surface area contributed by atoms with Gasteiger partial charge in [-0.1, -0.05) is 0 Å². The number of carbonyl (C=O) groups is 2. The Balaban J connectivity index is 2.60. The Morgan fingerprint density at radius 2 is 1.62 bits per heavy atom. The van der Waals surface area contributed by atoms with Gasteiger partial charge in [0.1, 0.15) is 36.1 Å². The largest absolute Gasteiger partial charge is 0.479 e. The summed E-state index contributed by atoms with van der Waals surface area (Å²) in [7, 11) is 0. The predicted molar refractivity (Wildman–Crippen MR) is 94.2 cm³/mol. The van der Waals surface area contributed by atoms with Gasteiger partial charge >= 0.3 is 11.9 Å². The first-order valence-electron chi connectivity index (χ1n) is 9.06. The van der Waals surface area contributed by atoms with Gasteiger partial charge in [0.15, 0.2) is 12.6 Å². The normalized spacial score (nSPS) is 46.9. The average Bonchev–Trinajstić information content (AvgIpc) is 2.74. The van der Waals surface area contributed by atoms with E-state index in [9.17, 15) is 60.7 Å². The van der Waals surface area contributed by atoms with Gasteiger partial charge in [-0.2, -0.15) is 0 Å². The molecule has 2 rings (SSSR count). The molecule has 2 saturated heterocycles. The van der Waals surface area contributed by atoms with Crippen LogP contribution >= 0.6 is 0 Å². The van der Waals surface area contributed by atoms with Crippen LogP contribution in [-0.2, 0) is 23.8 Å². The van der Waals surface area contributed by atoms with E-state index < -0.39 is 91.5 Å². The van der Waals surface area contributed by atoms with Crippen molar-refractivity contribution >= 4 is 11.9 Å². The van der Waals surface area contributed by atoms with Crippen molar-refractivity contribution in [1.29, 1.82) is 0 Å². The lowest BCUT2D eigenvalue weighted by Crippen LogP contribution is -2.85. The summed E-state index contributed by atoms with van der Waals surface area (Å²) in [6.45, 7) is -2.43. The van der Waals surface area contributed by atoms with Crippen LogP contribution in [0, 0.1) is 12.3 Å². The second-order valence-corrected chi connectivity index (χ2v) is 7.38. The molecule has 0 aliphatic carbocycles. The Morgan fingerprint density at radius 3 is 2.06 bits per heavy atom. The first-order valence-corrected chi connectivity index (χ1v) is 9.06. The average molecular weight is 468 g/mol. The van der Waals surface area contributed by atoms with Gasteiger partial charge in [-0.3, -0.25) is 0 Å². The van der Waals surface area contributed by atoms with Gasteiger partial charge in [-0.05, 0) is 0 Å². The maximum atomic E-state index is 11.9. The highest BCUT2D eigenvalue weighted by Gasteiger charge is 2.79. The summed E-state index contributed by atoms with van der Waals surface area (Å²) in [6.07, 6.45) is -10.6. The van der Waals surface area contributed by atoms with Crippen LogP contribution in [0.15, 0.2) is 0 Å². The number of hydrogen-bond acceptors (Lipinski definition) is 13. The molecule has 10 atom stereocenters. The standard InChI is InChI=1S/C17H24O15/c1-2-3-15(5-19)17(29,14(26)27)16(28,13(24)25)10(22)12(32-15)31-9-6(4-18)30-11(23)8(21)7(9)20/h1,6-12,18-23,28-29H,3-5H2,(H,24,25)(H,26,27)/t6-,7-,8-,9-,10+,11-,12+,15-,16-,17-/m1/s1. The molecule has 0 aromatic carbocycles. The second-order valence-electron chi connectivity index (χ2n) is 7.38. The van der Waals surface area contributed by atoms with E-state index in [0.717, 1.165) is 0 Å². The highest BCUT2D eigenvalue weighted by Crippen LogP contribution is 2.47. The maximum absolute atomic E-state index is 11.9. The highest BCUT2D eigenvalue weighted by atomic mass is 16.7. The van der Waals surface area contributed by atoms with E-state index in [-0.39, 0.29) is 0 Å². The number of aliphatic hydroxyl groups excluding tert-OH is 6. The minimum atomic E-state index is -3.99. The van der Waals surface area contributed by atoms with Crippen LogP contribution in [0.2, 0.25) is 0 Å². The van der Waals surface area contributed by atoms with E-state index in [0.29, 0.717) is 0 Å². The van der Waals surface area contributed by atoms with Gasteiger partial charge in [0, 0.05) is 6.42 Å². The highest BCUT2D eigenvalue weighted by molar-refractivity contribution is 5.93. The van der Waals surface area contributed by atoms with Crippen LogP contribution in [0.4, 0.5) is 0 Å². The number of hydrogen-bond donors (Lipinski definition) is 10. The van der Waals surface area contributed by atoms with E-state index >= 15 is 0 Å². The Labute approximate surface area is 179 Å². The molecule has 10 N–H and O–H groups in total. The van der Waals surface area contributed by atoms with E-state index in [1.54, 1.807) is 0 Å². The fourth-order valence-electron chi connectivity index (χ4n) is 3.80. The number of carboxylic acids is 2. The number of rotatable bonds is 7. The summed E-state index contributed by atoms with van der Waals surface area (Å²) in [5.41, 5.74) is -10.9. The van der Waals surface area contributed by atoms with Gasteiger partial charge < -0.3 is 65.3 Å². The lowest BCUT2D eigenvalue weighted by atomic mass is 9.64. The van der Waals surface area contributed by atoms with Gasteiger partial charge in [0.05, 0.1) is 13.2 Å². The zero-order valence-electron chi connectivity index (χ0n) is 16.3. The van der Waals surface area contributed by atoms with Crippen molar-refractivity contribution in [2.75, 3.05) is 13.2 Å². The fraction of sp³-hybridized carbons (Fsp3) is 0.765. The van der Waals surface area contributed by atoms with Crippen LogP contribution in [0.5, 0.6) is 0 Å². The van der Waals surface area contributed by atoms with Gasteiger partial charge in [-0.15, -0.1) is 12.3 Å². The molecule has 0 spiro atoms. The third-order valence-electron chi connectivity index (χ3n) is 5.65. The molecule has 182 valence electrons. The van der Waals surface area contributed by atoms with Crippen molar-refractivity contribution in [2.24, 2.45) is 0 Å². The number of aliphatic carboxylic acids is 2. The van der Waals surface area contributed by atoms with Gasteiger partial charge in [0.25, 0.3) is 0 Å². The number of terminal acetylenes is 1. The molecular weight excluding hydrogens is 444 g/mol. The molecule has 2 aliphatic rings. The molecule has 32 heavy (non-hydrogen) atoms. The van der Waals surface area contributed by atoms with Crippen molar-refractivity contribution in [3.63, 3.8) is 0 Å². The molecule has 0 saturated carbocycles. The van der Waals surface area contributed by atoms with E-state index in [1.807, 2.05) is 5.92 Å². The summed E-state index contributed by atoms with van der Waals surface area (Å²) in [5.74, 6) is -3.02. The Kier molecular flexibility index (Phi) is 7.51. The summed E-state index contributed by atoms with van der Waals surface area (Å²) in [6, 6.07) is 0. The molecular formula is C17H24O15. The van der Waals surface area contributed by atoms with E-state index in [2.05, 4.69) is 0 Å². The van der Waals surface area contributed by atoms with Crippen LogP contribution in [0.25, 0.3) is 0 Å². The molecule has 2 heterocycles. The third-order valence-corrected chi connectivity index (χ3v) is 5.65. The molecule has 15 heteroatoms. The molecule has 15 nitrogen and oxygen atoms in total. The monoisotopic (exact) mass is 468 g/mol. The second kappa shape index (κ2) is 9.13. The molecule has 2 aliphatic heterocycles. The Hall–Kier alpha value is -1.94. The van der Waals surface area contributed by atoms with Crippen LogP contribution in [0.1, 0.15) is 6.42 Å². The summed E-state index contributed by atoms with van der Waals surface area (Å²) >= 11 is 0. The minimum Gasteiger partial charge on any atom is -0.479 e. The zero-order valence-corrected chi connectivity index (χ0v) is 16.3. The molecule has 0 bridgehead atoms. The van der Waals surface area contributed by atoms with E-state index in [1.165, 1.54) is 0 Å². The van der Waals surface area contributed by atoms with Crippen LogP contribution < -0.4 is 0 Å². The Bertz CT molecular complexity index is 766. The van der Waals surface area contributed by atoms with Gasteiger partial charge in [0.2, 0.25) is 11.2 Å². The van der Waals surface area contributed by atoms with Gasteiger partial charge in [-0.25, -0.2) is 9.59 Å². The molecule has 0 aromatic rings. The number of carboxylic acid groups (broad SMARTS) is 2. The third kappa shape index (κ3) is 3.55. The van der Waals surface area contributed by atoms with Crippen LogP contribution in [-0.4, -0.2) is 136 Å². The Morgan fingerprint density at radius 1 is 1.03 bits per heavy atom. The summed E-state index contributed by atoms with van der Waals surface area (Å²) in [5, 5.41) is 99.9.